The van der Waals surface area contributed by atoms with Crippen LogP contribution in [0.3, 0.4) is 0 Å². The fraction of sp³-hybridized carbons (Fsp3) is 0.850. The number of hydrogen-bond donors (Lipinski definition) is 5. The summed E-state index contributed by atoms with van der Waals surface area (Å²) in [5.41, 5.74) is 0. The second kappa shape index (κ2) is 15.3. The zero-order chi connectivity index (χ0) is 21.5. The Morgan fingerprint density at radius 2 is 1.21 bits per heavy atom. The van der Waals surface area contributed by atoms with E-state index >= 15 is 0 Å². The normalized spacial score (nSPS) is 15.3. The minimum Gasteiger partial charge on any atom is -0.480 e. The quantitative estimate of drug-likeness (QED) is 0.249. The first-order valence-electron chi connectivity index (χ1n) is 10.4. The summed E-state index contributed by atoms with van der Waals surface area (Å²) in [6.07, 6.45) is 7.83. The van der Waals surface area contributed by atoms with Crippen molar-refractivity contribution in [3.63, 3.8) is 0 Å². The average Bonchev–Trinajstić information content (AvgIpc) is 2.61. The summed E-state index contributed by atoms with van der Waals surface area (Å²) >= 11 is 0. The summed E-state index contributed by atoms with van der Waals surface area (Å²) in [5.74, 6) is -2.61. The number of carbonyl (C=O) groups excluding carboxylic acids is 2. The molecule has 0 saturated heterocycles. The van der Waals surface area contributed by atoms with Gasteiger partial charge in [-0.05, 0) is 20.3 Å². The molecule has 8 heteroatoms. The van der Waals surface area contributed by atoms with Crippen LogP contribution in [-0.4, -0.2) is 57.4 Å². The maximum absolute atomic E-state index is 12.2. The number of carboxylic acid groups (broad SMARTS) is 1. The number of carbonyl (C=O) groups is 3. The van der Waals surface area contributed by atoms with E-state index < -0.39 is 36.2 Å². The van der Waals surface area contributed by atoms with Gasteiger partial charge in [-0.1, -0.05) is 58.3 Å². The topological polar surface area (TPSA) is 136 Å². The molecule has 4 atom stereocenters. The van der Waals surface area contributed by atoms with Crippen LogP contribution in [0.15, 0.2) is 0 Å². The maximum atomic E-state index is 12.2. The molecular weight excluding hydrogens is 364 g/mol. The lowest BCUT2D eigenvalue weighted by atomic mass is 10.1. The fourth-order valence-electron chi connectivity index (χ4n) is 2.88. The third-order valence-corrected chi connectivity index (χ3v) is 4.63. The highest BCUT2D eigenvalue weighted by molar-refractivity contribution is 5.91. The molecule has 0 rings (SSSR count). The zero-order valence-electron chi connectivity index (χ0n) is 17.4. The van der Waals surface area contributed by atoms with Gasteiger partial charge in [0.25, 0.3) is 0 Å². The number of carboxylic acids is 1. The Morgan fingerprint density at radius 3 is 1.64 bits per heavy atom. The van der Waals surface area contributed by atoms with E-state index in [0.717, 1.165) is 19.3 Å². The van der Waals surface area contributed by atoms with E-state index in [9.17, 15) is 24.6 Å². The molecule has 0 aliphatic heterocycles. The first-order valence-corrected chi connectivity index (χ1v) is 10.4. The molecule has 0 saturated carbocycles. The first kappa shape index (κ1) is 26.3. The van der Waals surface area contributed by atoms with Gasteiger partial charge in [0.05, 0.1) is 12.2 Å². The van der Waals surface area contributed by atoms with Gasteiger partial charge in [-0.2, -0.15) is 0 Å². The summed E-state index contributed by atoms with van der Waals surface area (Å²) in [6.45, 7) is 4.76. The molecule has 0 aromatic rings. The van der Waals surface area contributed by atoms with E-state index in [1.165, 1.54) is 46.0 Å². The maximum Gasteiger partial charge on any atom is 0.328 e. The highest BCUT2D eigenvalue weighted by Gasteiger charge is 2.31. The lowest BCUT2D eigenvalue weighted by Crippen LogP contribution is -2.57. The molecule has 164 valence electrons. The van der Waals surface area contributed by atoms with Crippen LogP contribution in [0.1, 0.15) is 85.0 Å². The number of aliphatic hydroxyl groups is 2. The van der Waals surface area contributed by atoms with Crippen LogP contribution in [0.25, 0.3) is 0 Å². The van der Waals surface area contributed by atoms with Crippen LogP contribution in [0.4, 0.5) is 0 Å². The van der Waals surface area contributed by atoms with Gasteiger partial charge in [0.15, 0.2) is 6.04 Å². The summed E-state index contributed by atoms with van der Waals surface area (Å²) < 4.78 is 0. The summed E-state index contributed by atoms with van der Waals surface area (Å²) in [6, 6.07) is -2.78. The van der Waals surface area contributed by atoms with E-state index in [1.54, 1.807) is 0 Å². The van der Waals surface area contributed by atoms with Crippen LogP contribution in [0, 0.1) is 0 Å². The lowest BCUT2D eigenvalue weighted by Gasteiger charge is -2.24. The second-order valence-electron chi connectivity index (χ2n) is 7.43. The van der Waals surface area contributed by atoms with E-state index in [1.807, 2.05) is 0 Å². The Balaban J connectivity index is 4.23. The monoisotopic (exact) mass is 402 g/mol. The van der Waals surface area contributed by atoms with Crippen LogP contribution < -0.4 is 10.6 Å². The highest BCUT2D eigenvalue weighted by Crippen LogP contribution is 2.10. The van der Waals surface area contributed by atoms with Crippen LogP contribution in [-0.2, 0) is 14.4 Å². The Bertz CT molecular complexity index is 468. The van der Waals surface area contributed by atoms with Gasteiger partial charge in [0, 0.05) is 6.42 Å². The van der Waals surface area contributed by atoms with Gasteiger partial charge in [0.1, 0.15) is 6.04 Å². The predicted octanol–water partition coefficient (Wildman–Crippen LogP) is 1.72. The number of unbranched alkanes of at least 4 members (excludes halogenated alkanes) is 8. The molecule has 2 amide bonds. The Hall–Kier alpha value is -1.67. The Morgan fingerprint density at radius 1 is 0.750 bits per heavy atom. The minimum atomic E-state index is -1.51. The third-order valence-electron chi connectivity index (χ3n) is 4.63. The number of aliphatic carboxylic acids is 1. The van der Waals surface area contributed by atoms with Crippen molar-refractivity contribution in [2.24, 2.45) is 0 Å². The van der Waals surface area contributed by atoms with Crippen molar-refractivity contribution in [3.8, 4) is 0 Å². The van der Waals surface area contributed by atoms with Gasteiger partial charge in [-0.25, -0.2) is 4.79 Å². The fourth-order valence-corrected chi connectivity index (χ4v) is 2.88. The summed E-state index contributed by atoms with van der Waals surface area (Å²) in [7, 11) is 0. The molecule has 0 aromatic heterocycles. The van der Waals surface area contributed by atoms with Crippen LogP contribution >= 0.6 is 0 Å². The van der Waals surface area contributed by atoms with Gasteiger partial charge >= 0.3 is 5.97 Å². The van der Waals surface area contributed by atoms with Gasteiger partial charge in [-0.15, -0.1) is 0 Å². The smallest absolute Gasteiger partial charge is 0.328 e. The van der Waals surface area contributed by atoms with E-state index in [-0.39, 0.29) is 12.3 Å². The average molecular weight is 403 g/mol. The second-order valence-corrected chi connectivity index (χ2v) is 7.43. The minimum absolute atomic E-state index is 0.241. The van der Waals surface area contributed by atoms with Gasteiger partial charge in [0.2, 0.25) is 11.8 Å². The largest absolute Gasteiger partial charge is 0.480 e. The number of hydrogen-bond acceptors (Lipinski definition) is 5. The SMILES string of the molecule is CCCCCCCCCCCC(=O)N[C@H](C(=O)N[C@H](C(=O)O)[C@@H](C)O)[C@@H](C)O. The standard InChI is InChI=1S/C20H38N2O6/c1-4-5-6-7-8-9-10-11-12-13-16(25)21-17(14(2)23)19(26)22-18(15(3)24)20(27)28/h14-15,17-18,23-24H,4-13H2,1-3H3,(H,21,25)(H,22,26)(H,27,28)/t14-,15-,17+,18+/m1/s1. The van der Waals surface area contributed by atoms with Crippen molar-refractivity contribution in [1.82, 2.24) is 10.6 Å². The van der Waals surface area contributed by atoms with E-state index in [2.05, 4.69) is 17.6 Å². The zero-order valence-corrected chi connectivity index (χ0v) is 17.4. The van der Waals surface area contributed by atoms with Crippen molar-refractivity contribution >= 4 is 17.8 Å². The molecule has 0 aliphatic carbocycles. The van der Waals surface area contributed by atoms with Crippen molar-refractivity contribution in [1.29, 1.82) is 0 Å². The molecule has 0 radical (unpaired) electrons. The molecule has 0 aliphatic rings. The predicted molar refractivity (Wildman–Crippen MR) is 107 cm³/mol. The van der Waals surface area contributed by atoms with Crippen molar-refractivity contribution in [2.45, 2.75) is 109 Å². The van der Waals surface area contributed by atoms with Crippen LogP contribution in [0.5, 0.6) is 0 Å². The number of amides is 2. The van der Waals surface area contributed by atoms with E-state index in [0.29, 0.717) is 6.42 Å². The molecular formula is C20H38N2O6. The molecule has 0 spiro atoms. The summed E-state index contributed by atoms with van der Waals surface area (Å²) in [4.78, 5) is 35.3. The molecule has 28 heavy (non-hydrogen) atoms. The van der Waals surface area contributed by atoms with Crippen LogP contribution in [0.2, 0.25) is 0 Å². The number of rotatable bonds is 16. The van der Waals surface area contributed by atoms with Gasteiger partial charge < -0.3 is 26.0 Å². The third kappa shape index (κ3) is 11.9. The highest BCUT2D eigenvalue weighted by atomic mass is 16.4. The Labute approximate surface area is 168 Å². The molecule has 0 heterocycles. The Kier molecular flexibility index (Phi) is 14.4. The lowest BCUT2D eigenvalue weighted by molar-refractivity contribution is -0.145. The van der Waals surface area contributed by atoms with E-state index in [4.69, 9.17) is 5.11 Å². The molecule has 5 N–H and O–H groups in total. The molecule has 0 unspecified atom stereocenters. The van der Waals surface area contributed by atoms with Crippen molar-refractivity contribution in [2.75, 3.05) is 0 Å². The molecule has 8 nitrogen and oxygen atoms in total. The first-order chi connectivity index (χ1) is 13.2. The van der Waals surface area contributed by atoms with Crippen molar-refractivity contribution in [3.05, 3.63) is 0 Å². The van der Waals surface area contributed by atoms with Gasteiger partial charge in [-0.3, -0.25) is 9.59 Å². The summed E-state index contributed by atoms with van der Waals surface area (Å²) in [5, 5.41) is 32.8. The number of nitrogens with one attached hydrogen (secondary N) is 2. The number of aliphatic hydroxyl groups excluding tert-OH is 2. The van der Waals surface area contributed by atoms with Crippen molar-refractivity contribution < 1.29 is 29.7 Å². The molecule has 0 bridgehead atoms. The molecule has 0 aromatic carbocycles. The molecule has 0 fully saturated rings.